The number of pyridine rings is 1. The van der Waals surface area contributed by atoms with Crippen LogP contribution in [0.3, 0.4) is 0 Å². The largest absolute Gasteiger partial charge is 0.497 e. The van der Waals surface area contributed by atoms with Crippen molar-refractivity contribution in [2.45, 2.75) is 32.6 Å². The third kappa shape index (κ3) is 4.89. The van der Waals surface area contributed by atoms with E-state index in [4.69, 9.17) is 4.74 Å². The first-order chi connectivity index (χ1) is 12.6. The smallest absolute Gasteiger partial charge is 0.284 e. The van der Waals surface area contributed by atoms with Gasteiger partial charge in [0.15, 0.2) is 5.82 Å². The van der Waals surface area contributed by atoms with Crippen LogP contribution in [0.4, 0.5) is 0 Å². The average molecular weight is 376 g/mol. The fraction of sp³-hybridized carbons (Fsp3) is 0.278. The summed E-state index contributed by atoms with van der Waals surface area (Å²) in [5, 5.41) is 4.03. The molecule has 0 saturated carbocycles. The second-order valence-electron chi connectivity index (χ2n) is 4.36. The number of ether oxygens (including phenoxy) is 1. The molecule has 0 saturated heterocycles. The van der Waals surface area contributed by atoms with Crippen LogP contribution in [0, 0.1) is 0 Å². The van der Waals surface area contributed by atoms with E-state index in [-0.39, 0.29) is 4.90 Å². The molecule has 0 aliphatic heterocycles. The Morgan fingerprint density at radius 3 is 2.04 bits per heavy atom. The van der Waals surface area contributed by atoms with E-state index in [1.165, 1.54) is 25.6 Å². The number of rotatable bonds is 4. The minimum atomic E-state index is -3.78. The molecule has 0 atom stereocenters. The van der Waals surface area contributed by atoms with Gasteiger partial charge in [0.25, 0.3) is 10.0 Å². The summed E-state index contributed by atoms with van der Waals surface area (Å²) in [4.78, 5) is 8.04. The second-order valence-corrected chi connectivity index (χ2v) is 6.15. The highest BCUT2D eigenvalue weighted by Crippen LogP contribution is 2.19. The molecular weight excluding hydrogens is 352 g/mol. The summed E-state index contributed by atoms with van der Waals surface area (Å²) in [7, 11) is -2.26. The lowest BCUT2D eigenvalue weighted by atomic mass is 10.3. The number of methoxy groups -OCH3 is 1. The topological polar surface area (TPSA) is 87.0 Å². The van der Waals surface area contributed by atoms with Crippen molar-refractivity contribution in [2.24, 2.45) is 0 Å². The Morgan fingerprint density at radius 2 is 1.50 bits per heavy atom. The van der Waals surface area contributed by atoms with Crippen molar-refractivity contribution in [1.29, 1.82) is 0 Å². The Hall–Kier alpha value is -2.74. The summed E-state index contributed by atoms with van der Waals surface area (Å²) in [5.74, 6) is 0.898. The fourth-order valence-electron chi connectivity index (χ4n) is 1.85. The van der Waals surface area contributed by atoms with Gasteiger partial charge in [-0.2, -0.15) is 8.42 Å². The number of benzene rings is 1. The van der Waals surface area contributed by atoms with E-state index in [1.54, 1.807) is 36.7 Å². The first-order valence-electron chi connectivity index (χ1n) is 8.33. The van der Waals surface area contributed by atoms with Gasteiger partial charge in [-0.25, -0.2) is 4.98 Å². The molecule has 1 aromatic carbocycles. The third-order valence-corrected chi connectivity index (χ3v) is 4.55. The highest BCUT2D eigenvalue weighted by Gasteiger charge is 2.19. The van der Waals surface area contributed by atoms with Crippen LogP contribution in [0.15, 0.2) is 60.0 Å². The summed E-state index contributed by atoms with van der Waals surface area (Å²) in [6.07, 6.45) is 4.36. The molecule has 0 aliphatic rings. The van der Waals surface area contributed by atoms with Crippen LogP contribution in [0.1, 0.15) is 27.7 Å². The molecule has 7 nitrogen and oxygen atoms in total. The molecule has 0 spiro atoms. The van der Waals surface area contributed by atoms with Gasteiger partial charge in [0.05, 0.1) is 12.0 Å². The molecule has 8 heteroatoms. The van der Waals surface area contributed by atoms with Gasteiger partial charge in [-0.15, -0.1) is 9.19 Å². The zero-order chi connectivity index (χ0) is 19.6. The van der Waals surface area contributed by atoms with Crippen LogP contribution >= 0.6 is 0 Å². The minimum Gasteiger partial charge on any atom is -0.497 e. The number of nitrogens with zero attached hydrogens (tertiary/aromatic N) is 4. The molecule has 26 heavy (non-hydrogen) atoms. The first-order valence-corrected chi connectivity index (χ1v) is 9.77. The molecule has 140 valence electrons. The van der Waals surface area contributed by atoms with Gasteiger partial charge < -0.3 is 4.74 Å². The molecule has 0 bridgehead atoms. The van der Waals surface area contributed by atoms with E-state index in [9.17, 15) is 8.42 Å². The monoisotopic (exact) mass is 376 g/mol. The normalized spacial score (nSPS) is 10.0. The van der Waals surface area contributed by atoms with Crippen molar-refractivity contribution in [2.75, 3.05) is 7.11 Å². The maximum absolute atomic E-state index is 12.5. The van der Waals surface area contributed by atoms with E-state index in [0.29, 0.717) is 17.1 Å². The first kappa shape index (κ1) is 21.3. The van der Waals surface area contributed by atoms with Gasteiger partial charge in [-0.1, -0.05) is 27.7 Å². The lowest BCUT2D eigenvalue weighted by Crippen LogP contribution is -2.13. The van der Waals surface area contributed by atoms with Crippen molar-refractivity contribution >= 4 is 10.0 Å². The van der Waals surface area contributed by atoms with Gasteiger partial charge in [0.2, 0.25) is 0 Å². The van der Waals surface area contributed by atoms with Crippen LogP contribution in [0.2, 0.25) is 0 Å². The molecule has 2 heterocycles. The molecule has 0 aliphatic carbocycles. The SMILES string of the molecule is CC.CC.COc1ccc(S(=O)(=O)n2cnc(-c3ccncc3)n2)cc1. The van der Waals surface area contributed by atoms with E-state index in [1.807, 2.05) is 27.7 Å². The lowest BCUT2D eigenvalue weighted by molar-refractivity contribution is 0.414. The van der Waals surface area contributed by atoms with E-state index in [2.05, 4.69) is 15.1 Å². The summed E-state index contributed by atoms with van der Waals surface area (Å²) in [6, 6.07) is 9.49. The third-order valence-electron chi connectivity index (χ3n) is 3.01. The Bertz CT molecular complexity index is 876. The standard InChI is InChI=1S/C14H12N4O3S.2C2H6/c1-21-12-2-4-13(5-3-12)22(19,20)18-10-16-14(17-18)11-6-8-15-9-7-11;2*1-2/h2-10H,1H3;2*1-2H3. The van der Waals surface area contributed by atoms with Crippen LogP contribution in [-0.2, 0) is 10.0 Å². The maximum atomic E-state index is 12.5. The molecular formula is C18H24N4O3S. The van der Waals surface area contributed by atoms with E-state index in [0.717, 1.165) is 4.09 Å². The van der Waals surface area contributed by atoms with E-state index >= 15 is 0 Å². The average Bonchev–Trinajstić information content (AvgIpc) is 3.23. The summed E-state index contributed by atoms with van der Waals surface area (Å²) in [5.41, 5.74) is 0.693. The molecule has 0 amide bonds. The van der Waals surface area contributed by atoms with Gasteiger partial charge in [0.1, 0.15) is 12.1 Å². The summed E-state index contributed by atoms with van der Waals surface area (Å²) >= 11 is 0. The number of hydrogen-bond acceptors (Lipinski definition) is 6. The van der Waals surface area contributed by atoms with Crippen molar-refractivity contribution < 1.29 is 13.2 Å². The van der Waals surface area contributed by atoms with Crippen molar-refractivity contribution in [1.82, 2.24) is 19.2 Å². The Morgan fingerprint density at radius 1 is 0.923 bits per heavy atom. The number of hydrogen-bond donors (Lipinski definition) is 0. The zero-order valence-electron chi connectivity index (χ0n) is 15.6. The van der Waals surface area contributed by atoms with Crippen LogP contribution in [-0.4, -0.2) is 34.7 Å². The van der Waals surface area contributed by atoms with Gasteiger partial charge >= 0.3 is 0 Å². The van der Waals surface area contributed by atoms with Gasteiger partial charge in [-0.05, 0) is 36.4 Å². The second kappa shape index (κ2) is 10.3. The Labute approximate surface area is 154 Å². The highest BCUT2D eigenvalue weighted by molar-refractivity contribution is 7.89. The van der Waals surface area contributed by atoms with Gasteiger partial charge in [0, 0.05) is 18.0 Å². The van der Waals surface area contributed by atoms with E-state index < -0.39 is 10.0 Å². The van der Waals surface area contributed by atoms with Gasteiger partial charge in [-0.3, -0.25) is 4.98 Å². The summed E-state index contributed by atoms with van der Waals surface area (Å²) in [6.45, 7) is 8.00. The molecule has 3 rings (SSSR count). The maximum Gasteiger partial charge on any atom is 0.284 e. The van der Waals surface area contributed by atoms with Crippen molar-refractivity contribution in [3.05, 3.63) is 55.1 Å². The number of aromatic nitrogens is 4. The molecule has 2 aromatic heterocycles. The van der Waals surface area contributed by atoms with Crippen molar-refractivity contribution in [3.8, 4) is 17.1 Å². The molecule has 0 radical (unpaired) electrons. The molecule has 0 unspecified atom stereocenters. The molecule has 0 fully saturated rings. The van der Waals surface area contributed by atoms with Crippen molar-refractivity contribution in [3.63, 3.8) is 0 Å². The Balaban J connectivity index is 0.000000791. The quantitative estimate of drug-likeness (QED) is 0.691. The molecule has 0 N–H and O–H groups in total. The predicted octanol–water partition coefficient (Wildman–Crippen LogP) is 3.64. The summed E-state index contributed by atoms with van der Waals surface area (Å²) < 4.78 is 30.8. The predicted molar refractivity (Wildman–Crippen MR) is 102 cm³/mol. The lowest BCUT2D eigenvalue weighted by Gasteiger charge is -2.04. The van der Waals surface area contributed by atoms with Crippen LogP contribution in [0.5, 0.6) is 5.75 Å². The van der Waals surface area contributed by atoms with Crippen LogP contribution in [0.25, 0.3) is 11.4 Å². The zero-order valence-corrected chi connectivity index (χ0v) is 16.4. The highest BCUT2D eigenvalue weighted by atomic mass is 32.2. The van der Waals surface area contributed by atoms with Crippen LogP contribution < -0.4 is 4.74 Å². The Kier molecular flexibility index (Phi) is 8.44. The molecule has 3 aromatic rings. The minimum absolute atomic E-state index is 0.111. The fourth-order valence-corrected chi connectivity index (χ4v) is 2.91.